The third-order valence-electron chi connectivity index (χ3n) is 7.75. The summed E-state index contributed by atoms with van der Waals surface area (Å²) < 4.78 is 0. The summed E-state index contributed by atoms with van der Waals surface area (Å²) in [6.07, 6.45) is 18.9. The van der Waals surface area contributed by atoms with Crippen LogP contribution >= 0.6 is 0 Å². The fourth-order valence-corrected chi connectivity index (χ4v) is 6.43. The predicted octanol–water partition coefficient (Wildman–Crippen LogP) is 8.05. The molecule has 2 atom stereocenters. The highest BCUT2D eigenvalue weighted by atomic mass is 14.4. The van der Waals surface area contributed by atoms with E-state index in [9.17, 15) is 0 Å². The van der Waals surface area contributed by atoms with Crippen LogP contribution in [0, 0.1) is 17.8 Å². The first kappa shape index (κ1) is 18.3. The van der Waals surface area contributed by atoms with Gasteiger partial charge in [-0.1, -0.05) is 86.9 Å². The van der Waals surface area contributed by atoms with Crippen molar-refractivity contribution in [1.29, 1.82) is 0 Å². The Bertz CT molecular complexity index is 584. The molecule has 0 aromatic heterocycles. The van der Waals surface area contributed by atoms with Crippen molar-refractivity contribution in [1.82, 2.24) is 0 Å². The SMILES string of the molecule is CCC1CC(c2ccccc2)CC(C2CCCCC2)=C1C1CCCCC1. The minimum Gasteiger partial charge on any atom is -0.0667 e. The van der Waals surface area contributed by atoms with Gasteiger partial charge in [0.2, 0.25) is 0 Å². The van der Waals surface area contributed by atoms with E-state index in [1.165, 1.54) is 83.5 Å². The molecule has 26 heavy (non-hydrogen) atoms. The van der Waals surface area contributed by atoms with Gasteiger partial charge in [-0.25, -0.2) is 0 Å². The highest BCUT2D eigenvalue weighted by molar-refractivity contribution is 5.32. The largest absolute Gasteiger partial charge is 0.0667 e. The minimum absolute atomic E-state index is 0.769. The normalized spacial score (nSPS) is 29.1. The molecule has 4 rings (SSSR count). The second kappa shape index (κ2) is 8.77. The molecule has 3 aliphatic carbocycles. The van der Waals surface area contributed by atoms with Crippen molar-refractivity contribution in [3.63, 3.8) is 0 Å². The zero-order valence-electron chi connectivity index (χ0n) is 16.9. The average Bonchev–Trinajstić information content (AvgIpc) is 2.74. The van der Waals surface area contributed by atoms with Crippen LogP contribution in [0.2, 0.25) is 0 Å². The number of benzene rings is 1. The topological polar surface area (TPSA) is 0 Å². The Kier molecular flexibility index (Phi) is 6.18. The van der Waals surface area contributed by atoms with E-state index in [1.807, 2.05) is 11.1 Å². The molecule has 0 N–H and O–H groups in total. The van der Waals surface area contributed by atoms with Gasteiger partial charge in [0.1, 0.15) is 0 Å². The van der Waals surface area contributed by atoms with Gasteiger partial charge in [0.25, 0.3) is 0 Å². The first-order chi connectivity index (χ1) is 12.9. The van der Waals surface area contributed by atoms with Crippen molar-refractivity contribution in [2.24, 2.45) is 17.8 Å². The van der Waals surface area contributed by atoms with Gasteiger partial charge in [0, 0.05) is 0 Å². The molecular weight excluding hydrogens is 312 g/mol. The van der Waals surface area contributed by atoms with Crippen LogP contribution in [0.5, 0.6) is 0 Å². The quantitative estimate of drug-likeness (QED) is 0.482. The van der Waals surface area contributed by atoms with Crippen molar-refractivity contribution in [2.75, 3.05) is 0 Å². The maximum atomic E-state index is 2.46. The van der Waals surface area contributed by atoms with Crippen molar-refractivity contribution in [3.8, 4) is 0 Å². The molecule has 0 radical (unpaired) electrons. The molecule has 0 heteroatoms. The average molecular weight is 351 g/mol. The molecular formula is C26H38. The molecule has 1 aromatic carbocycles. The molecule has 0 saturated heterocycles. The molecule has 0 amide bonds. The van der Waals surface area contributed by atoms with Crippen LogP contribution in [0.3, 0.4) is 0 Å². The molecule has 0 spiro atoms. The Morgan fingerprint density at radius 2 is 1.35 bits per heavy atom. The third-order valence-corrected chi connectivity index (χ3v) is 7.75. The number of allylic oxidation sites excluding steroid dienone is 2. The second-order valence-corrected chi connectivity index (χ2v) is 9.30. The summed E-state index contributed by atoms with van der Waals surface area (Å²) >= 11 is 0. The van der Waals surface area contributed by atoms with E-state index < -0.39 is 0 Å². The van der Waals surface area contributed by atoms with E-state index >= 15 is 0 Å². The maximum absolute atomic E-state index is 2.46. The lowest BCUT2D eigenvalue weighted by Gasteiger charge is -2.42. The van der Waals surface area contributed by atoms with Crippen LogP contribution in [-0.2, 0) is 0 Å². The molecule has 3 aliphatic rings. The zero-order chi connectivity index (χ0) is 17.8. The first-order valence-corrected chi connectivity index (χ1v) is 11.6. The fourth-order valence-electron chi connectivity index (χ4n) is 6.43. The smallest absolute Gasteiger partial charge is 0.0119 e. The summed E-state index contributed by atoms with van der Waals surface area (Å²) in [7, 11) is 0. The van der Waals surface area contributed by atoms with Crippen LogP contribution < -0.4 is 0 Å². The maximum Gasteiger partial charge on any atom is -0.0119 e. The van der Waals surface area contributed by atoms with Crippen LogP contribution in [0.4, 0.5) is 0 Å². The second-order valence-electron chi connectivity index (χ2n) is 9.30. The molecule has 2 saturated carbocycles. The Morgan fingerprint density at radius 3 is 1.96 bits per heavy atom. The molecule has 1 aromatic rings. The van der Waals surface area contributed by atoms with Gasteiger partial charge >= 0.3 is 0 Å². The van der Waals surface area contributed by atoms with E-state index in [2.05, 4.69) is 37.3 Å². The molecule has 0 nitrogen and oxygen atoms in total. The van der Waals surface area contributed by atoms with Gasteiger partial charge in [0.05, 0.1) is 0 Å². The van der Waals surface area contributed by atoms with Crippen molar-refractivity contribution in [2.45, 2.75) is 96.3 Å². The Balaban J connectivity index is 1.68. The van der Waals surface area contributed by atoms with Crippen LogP contribution in [-0.4, -0.2) is 0 Å². The van der Waals surface area contributed by atoms with Gasteiger partial charge in [0.15, 0.2) is 0 Å². The molecule has 0 heterocycles. The molecule has 2 fully saturated rings. The Hall–Kier alpha value is -1.04. The number of hydrogen-bond acceptors (Lipinski definition) is 0. The summed E-state index contributed by atoms with van der Waals surface area (Å²) in [5.74, 6) is 3.47. The molecule has 142 valence electrons. The highest BCUT2D eigenvalue weighted by Crippen LogP contribution is 2.50. The molecule has 2 unspecified atom stereocenters. The zero-order valence-corrected chi connectivity index (χ0v) is 16.9. The lowest BCUT2D eigenvalue weighted by Crippen LogP contribution is -2.28. The van der Waals surface area contributed by atoms with Gasteiger partial charge in [-0.2, -0.15) is 0 Å². The summed E-state index contributed by atoms with van der Waals surface area (Å²) in [6.45, 7) is 2.46. The standard InChI is InChI=1S/C26H38/c1-2-20-18-24(21-12-6-3-7-13-21)19-25(22-14-8-4-9-15-22)26(20)23-16-10-5-11-17-23/h3,6-7,12-13,20,22-24H,2,4-5,8-11,14-19H2,1H3. The lowest BCUT2D eigenvalue weighted by molar-refractivity contribution is 0.300. The van der Waals surface area contributed by atoms with Crippen LogP contribution in [0.25, 0.3) is 0 Å². The van der Waals surface area contributed by atoms with E-state index in [0.717, 1.165) is 23.7 Å². The van der Waals surface area contributed by atoms with Gasteiger partial charge in [-0.15, -0.1) is 0 Å². The fraction of sp³-hybridized carbons (Fsp3) is 0.692. The van der Waals surface area contributed by atoms with Crippen LogP contribution in [0.1, 0.15) is 102 Å². The summed E-state index contributed by atoms with van der Waals surface area (Å²) in [5, 5.41) is 0. The van der Waals surface area contributed by atoms with Crippen molar-refractivity contribution < 1.29 is 0 Å². The van der Waals surface area contributed by atoms with E-state index in [4.69, 9.17) is 0 Å². The predicted molar refractivity (Wildman–Crippen MR) is 112 cm³/mol. The number of hydrogen-bond donors (Lipinski definition) is 0. The number of rotatable bonds is 4. The van der Waals surface area contributed by atoms with Crippen molar-refractivity contribution in [3.05, 3.63) is 47.0 Å². The van der Waals surface area contributed by atoms with E-state index in [0.29, 0.717) is 0 Å². The van der Waals surface area contributed by atoms with E-state index in [1.54, 1.807) is 5.56 Å². The summed E-state index contributed by atoms with van der Waals surface area (Å²) in [4.78, 5) is 0. The lowest BCUT2D eigenvalue weighted by atomic mass is 9.63. The Morgan fingerprint density at radius 1 is 0.731 bits per heavy atom. The van der Waals surface area contributed by atoms with Gasteiger partial charge < -0.3 is 0 Å². The third kappa shape index (κ3) is 3.95. The summed E-state index contributed by atoms with van der Waals surface area (Å²) in [6, 6.07) is 11.5. The monoisotopic (exact) mass is 350 g/mol. The van der Waals surface area contributed by atoms with Gasteiger partial charge in [-0.05, 0) is 74.2 Å². The van der Waals surface area contributed by atoms with Gasteiger partial charge in [-0.3, -0.25) is 0 Å². The first-order valence-electron chi connectivity index (χ1n) is 11.6. The Labute approximate surface area is 161 Å². The van der Waals surface area contributed by atoms with E-state index in [-0.39, 0.29) is 0 Å². The van der Waals surface area contributed by atoms with Crippen molar-refractivity contribution >= 4 is 0 Å². The minimum atomic E-state index is 0.769. The summed E-state index contributed by atoms with van der Waals surface area (Å²) in [5.41, 5.74) is 5.55. The molecule has 0 aliphatic heterocycles. The van der Waals surface area contributed by atoms with Crippen LogP contribution in [0.15, 0.2) is 41.5 Å². The molecule has 0 bridgehead atoms. The highest BCUT2D eigenvalue weighted by Gasteiger charge is 2.36.